The summed E-state index contributed by atoms with van der Waals surface area (Å²) in [5.74, 6) is 0.839. The zero-order chi connectivity index (χ0) is 17.4. The summed E-state index contributed by atoms with van der Waals surface area (Å²) >= 11 is 0. The van der Waals surface area contributed by atoms with Gasteiger partial charge in [-0.3, -0.25) is 20.0 Å². The zero-order valence-corrected chi connectivity index (χ0v) is 13.0. The van der Waals surface area contributed by atoms with Gasteiger partial charge in [0.25, 0.3) is 5.69 Å². The number of aliphatic imine (C=N–C) groups is 1. The number of nitrogens with one attached hydrogen (secondary N) is 1. The van der Waals surface area contributed by atoms with E-state index in [9.17, 15) is 10.1 Å². The van der Waals surface area contributed by atoms with Crippen molar-refractivity contribution in [2.75, 3.05) is 5.32 Å². The molecular weight excluding hydrogens is 320 g/mol. The lowest BCUT2D eigenvalue weighted by molar-refractivity contribution is -0.385. The first kappa shape index (κ1) is 14.9. The quantitative estimate of drug-likeness (QED) is 0.565. The van der Waals surface area contributed by atoms with Gasteiger partial charge in [0.2, 0.25) is 5.95 Å². The molecule has 124 valence electrons. The average molecular weight is 334 g/mol. The van der Waals surface area contributed by atoms with Crippen LogP contribution in [0.15, 0.2) is 59.6 Å². The number of hydrogen-bond acceptors (Lipinski definition) is 6. The summed E-state index contributed by atoms with van der Waals surface area (Å²) in [4.78, 5) is 19.6. The number of nitrogens with zero attached hydrogens (tertiary/aromatic N) is 4. The number of nitro benzene ring substituents is 1. The number of aromatic nitrogens is 2. The molecule has 8 nitrogen and oxygen atoms in total. The second-order valence-electron chi connectivity index (χ2n) is 5.52. The summed E-state index contributed by atoms with van der Waals surface area (Å²) in [6.07, 6.45) is 3.01. The molecule has 0 fully saturated rings. The molecule has 3 N–H and O–H groups in total. The van der Waals surface area contributed by atoms with Crippen LogP contribution in [0.5, 0.6) is 0 Å². The van der Waals surface area contributed by atoms with Crippen molar-refractivity contribution in [1.29, 1.82) is 0 Å². The molecule has 1 aliphatic rings. The molecule has 0 aliphatic carbocycles. The van der Waals surface area contributed by atoms with Gasteiger partial charge >= 0.3 is 0 Å². The maximum Gasteiger partial charge on any atom is 0.276 e. The Kier molecular flexibility index (Phi) is 3.42. The van der Waals surface area contributed by atoms with Crippen molar-refractivity contribution in [3.8, 4) is 0 Å². The predicted octanol–water partition coefficient (Wildman–Crippen LogP) is 2.90. The SMILES string of the molecule is NC1=N[C@@H](/C=C/c2ccccc2[N+](=O)[O-])n2c(nc3ccccc32)N1. The van der Waals surface area contributed by atoms with Crippen LogP contribution in [0.3, 0.4) is 0 Å². The third kappa shape index (κ3) is 2.59. The Balaban J connectivity index is 1.79. The molecule has 0 radical (unpaired) electrons. The van der Waals surface area contributed by atoms with Gasteiger partial charge in [-0.2, -0.15) is 0 Å². The summed E-state index contributed by atoms with van der Waals surface area (Å²) in [6.45, 7) is 0. The Morgan fingerprint density at radius 2 is 1.96 bits per heavy atom. The van der Waals surface area contributed by atoms with Crippen molar-refractivity contribution < 1.29 is 4.92 Å². The van der Waals surface area contributed by atoms with Crippen LogP contribution in [-0.4, -0.2) is 20.4 Å². The highest BCUT2D eigenvalue weighted by Gasteiger charge is 2.22. The molecule has 4 rings (SSSR count). The Morgan fingerprint density at radius 3 is 2.80 bits per heavy atom. The van der Waals surface area contributed by atoms with Crippen molar-refractivity contribution in [1.82, 2.24) is 9.55 Å². The van der Waals surface area contributed by atoms with Gasteiger partial charge in [-0.25, -0.2) is 9.98 Å². The standard InChI is InChI=1S/C17H14N6O2/c18-16-20-15(10-9-11-5-1-3-7-13(11)23(24)25)22-14-8-4-2-6-12(14)19-17(22)21-16/h1-10,15H,(H3,18,19,20,21)/b10-9+/t15-/m1/s1. The van der Waals surface area contributed by atoms with E-state index in [2.05, 4.69) is 15.3 Å². The largest absolute Gasteiger partial charge is 0.370 e. The molecule has 0 unspecified atom stereocenters. The third-order valence-corrected chi connectivity index (χ3v) is 3.95. The van der Waals surface area contributed by atoms with Gasteiger partial charge in [-0.1, -0.05) is 24.3 Å². The molecule has 0 saturated heterocycles. The van der Waals surface area contributed by atoms with Gasteiger partial charge in [0.15, 0.2) is 12.1 Å². The number of fused-ring (bicyclic) bond motifs is 3. The fourth-order valence-corrected chi connectivity index (χ4v) is 2.86. The number of anilines is 1. The molecule has 2 heterocycles. The number of nitro groups is 1. The van der Waals surface area contributed by atoms with Crippen LogP contribution >= 0.6 is 0 Å². The molecule has 3 aromatic rings. The molecule has 2 aromatic carbocycles. The zero-order valence-electron chi connectivity index (χ0n) is 13.0. The van der Waals surface area contributed by atoms with Gasteiger partial charge in [-0.05, 0) is 30.4 Å². The second kappa shape index (κ2) is 5.75. The van der Waals surface area contributed by atoms with Gasteiger partial charge in [0.1, 0.15) is 0 Å². The summed E-state index contributed by atoms with van der Waals surface area (Å²) in [6, 6.07) is 14.2. The molecule has 0 bridgehead atoms. The monoisotopic (exact) mass is 334 g/mol. The van der Waals surface area contributed by atoms with E-state index in [0.29, 0.717) is 11.5 Å². The number of hydrogen-bond donors (Lipinski definition) is 2. The Labute approximate surface area is 142 Å². The van der Waals surface area contributed by atoms with Gasteiger partial charge in [0.05, 0.1) is 21.5 Å². The summed E-state index contributed by atoms with van der Waals surface area (Å²) < 4.78 is 1.90. The van der Waals surface area contributed by atoms with Crippen molar-refractivity contribution in [2.24, 2.45) is 10.7 Å². The first-order valence-corrected chi connectivity index (χ1v) is 7.62. The summed E-state index contributed by atoms with van der Waals surface area (Å²) in [5, 5.41) is 14.1. The Bertz CT molecular complexity index is 1040. The number of rotatable bonds is 3. The number of para-hydroxylation sites is 3. The lowest BCUT2D eigenvalue weighted by Gasteiger charge is -2.21. The highest BCUT2D eigenvalue weighted by molar-refractivity contribution is 5.94. The number of nitrogens with two attached hydrogens (primary N) is 1. The van der Waals surface area contributed by atoms with E-state index in [1.807, 2.05) is 28.8 Å². The molecule has 0 saturated carbocycles. The highest BCUT2D eigenvalue weighted by Crippen LogP contribution is 2.29. The van der Waals surface area contributed by atoms with Crippen LogP contribution in [0, 0.1) is 10.1 Å². The van der Waals surface area contributed by atoms with Crippen LogP contribution in [0.25, 0.3) is 17.1 Å². The maximum absolute atomic E-state index is 11.2. The highest BCUT2D eigenvalue weighted by atomic mass is 16.6. The van der Waals surface area contributed by atoms with Crippen molar-refractivity contribution in [2.45, 2.75) is 6.17 Å². The normalized spacial score (nSPS) is 16.5. The van der Waals surface area contributed by atoms with Crippen LogP contribution in [-0.2, 0) is 0 Å². The fraction of sp³-hybridized carbons (Fsp3) is 0.0588. The van der Waals surface area contributed by atoms with E-state index < -0.39 is 11.1 Å². The van der Waals surface area contributed by atoms with E-state index in [1.165, 1.54) is 6.07 Å². The molecule has 1 aromatic heterocycles. The third-order valence-electron chi connectivity index (χ3n) is 3.95. The Morgan fingerprint density at radius 1 is 1.20 bits per heavy atom. The van der Waals surface area contributed by atoms with Crippen molar-refractivity contribution >= 4 is 34.7 Å². The average Bonchev–Trinajstić information content (AvgIpc) is 2.97. The fourth-order valence-electron chi connectivity index (χ4n) is 2.86. The molecule has 8 heteroatoms. The molecule has 25 heavy (non-hydrogen) atoms. The lowest BCUT2D eigenvalue weighted by Crippen LogP contribution is -2.30. The van der Waals surface area contributed by atoms with Crippen LogP contribution < -0.4 is 11.1 Å². The number of benzene rings is 2. The summed E-state index contributed by atoms with van der Waals surface area (Å²) in [7, 11) is 0. The van der Waals surface area contributed by atoms with E-state index in [-0.39, 0.29) is 11.6 Å². The minimum Gasteiger partial charge on any atom is -0.370 e. The predicted molar refractivity (Wildman–Crippen MR) is 96.1 cm³/mol. The van der Waals surface area contributed by atoms with Crippen LogP contribution in [0.4, 0.5) is 11.6 Å². The number of guanidine groups is 1. The van der Waals surface area contributed by atoms with Gasteiger partial charge < -0.3 is 5.73 Å². The van der Waals surface area contributed by atoms with Crippen molar-refractivity contribution in [3.63, 3.8) is 0 Å². The molecular formula is C17H14N6O2. The van der Waals surface area contributed by atoms with E-state index in [1.54, 1.807) is 30.4 Å². The molecule has 1 atom stereocenters. The number of imidazole rings is 1. The Hall–Kier alpha value is -3.68. The van der Waals surface area contributed by atoms with Crippen LogP contribution in [0.2, 0.25) is 0 Å². The van der Waals surface area contributed by atoms with Crippen molar-refractivity contribution in [3.05, 3.63) is 70.3 Å². The minimum absolute atomic E-state index is 0.0420. The van der Waals surface area contributed by atoms with E-state index in [4.69, 9.17) is 5.73 Å². The molecule has 0 amide bonds. The lowest BCUT2D eigenvalue weighted by atomic mass is 10.1. The summed E-state index contributed by atoms with van der Waals surface area (Å²) in [5.41, 5.74) is 8.12. The van der Waals surface area contributed by atoms with E-state index >= 15 is 0 Å². The first-order chi connectivity index (χ1) is 12.1. The molecule has 1 aliphatic heterocycles. The van der Waals surface area contributed by atoms with Crippen LogP contribution in [0.1, 0.15) is 11.7 Å². The topological polar surface area (TPSA) is 111 Å². The maximum atomic E-state index is 11.2. The molecule has 0 spiro atoms. The second-order valence-corrected chi connectivity index (χ2v) is 5.52. The van der Waals surface area contributed by atoms with Gasteiger partial charge in [-0.15, -0.1) is 0 Å². The smallest absolute Gasteiger partial charge is 0.276 e. The first-order valence-electron chi connectivity index (χ1n) is 7.62. The minimum atomic E-state index is -0.441. The van der Waals surface area contributed by atoms with E-state index in [0.717, 1.165) is 11.0 Å². The van der Waals surface area contributed by atoms with Gasteiger partial charge in [0, 0.05) is 6.07 Å².